The van der Waals surface area contributed by atoms with Gasteiger partial charge < -0.3 is 11.5 Å². The van der Waals surface area contributed by atoms with E-state index in [1.165, 1.54) is 18.3 Å². The minimum atomic E-state index is -0.436. The second-order valence-electron chi connectivity index (χ2n) is 2.46. The van der Waals surface area contributed by atoms with Crippen LogP contribution in [0.1, 0.15) is 10.4 Å². The summed E-state index contributed by atoms with van der Waals surface area (Å²) in [7, 11) is 0. The van der Waals surface area contributed by atoms with Crippen LogP contribution in [0.2, 0.25) is 0 Å². The molecule has 1 aromatic heterocycles. The monoisotopic (exact) mass is 194 g/mol. The molecule has 0 aliphatic carbocycles. The van der Waals surface area contributed by atoms with E-state index < -0.39 is 5.91 Å². The number of rotatable bonds is 1. The quantitative estimate of drug-likeness (QED) is 0.217. The third kappa shape index (κ3) is 2.63. The standard InChI is InChI=1S/C7H10N6O/c8-5-3-4(1-2-11-5)6(14)12-13-7(9)10/h1-3H,(H2,8,11)(H,12,14)(H4,9,10,13). The van der Waals surface area contributed by atoms with Crippen molar-refractivity contribution in [1.82, 2.24) is 15.8 Å². The lowest BCUT2D eigenvalue weighted by atomic mass is 10.2. The lowest BCUT2D eigenvalue weighted by Gasteiger charge is -2.05. The maximum Gasteiger partial charge on any atom is 0.269 e. The van der Waals surface area contributed by atoms with Crippen LogP contribution < -0.4 is 22.3 Å². The zero-order valence-corrected chi connectivity index (χ0v) is 7.24. The van der Waals surface area contributed by atoms with Gasteiger partial charge in [-0.3, -0.25) is 21.1 Å². The Hall–Kier alpha value is -2.31. The van der Waals surface area contributed by atoms with Gasteiger partial charge in [0, 0.05) is 11.8 Å². The third-order valence-corrected chi connectivity index (χ3v) is 1.35. The Bertz CT molecular complexity index is 363. The third-order valence-electron chi connectivity index (χ3n) is 1.35. The summed E-state index contributed by atoms with van der Waals surface area (Å²) in [5.41, 5.74) is 15.0. The van der Waals surface area contributed by atoms with E-state index in [9.17, 15) is 4.79 Å². The zero-order valence-electron chi connectivity index (χ0n) is 7.24. The summed E-state index contributed by atoms with van der Waals surface area (Å²) in [6.07, 6.45) is 1.41. The molecule has 0 aliphatic rings. The van der Waals surface area contributed by atoms with Crippen molar-refractivity contribution in [3.63, 3.8) is 0 Å². The molecule has 74 valence electrons. The van der Waals surface area contributed by atoms with Gasteiger partial charge in [0.2, 0.25) is 5.96 Å². The normalized spacial score (nSPS) is 9.14. The molecule has 1 rings (SSSR count). The van der Waals surface area contributed by atoms with E-state index in [0.717, 1.165) is 0 Å². The number of pyridine rings is 1. The van der Waals surface area contributed by atoms with Gasteiger partial charge in [0.1, 0.15) is 5.82 Å². The Morgan fingerprint density at radius 2 is 2.21 bits per heavy atom. The average Bonchev–Trinajstić information content (AvgIpc) is 2.14. The molecule has 0 spiro atoms. The van der Waals surface area contributed by atoms with Gasteiger partial charge in [-0.25, -0.2) is 4.98 Å². The Morgan fingerprint density at radius 3 is 2.79 bits per heavy atom. The topological polar surface area (TPSA) is 130 Å². The molecule has 0 radical (unpaired) electrons. The molecule has 0 saturated heterocycles. The fourth-order valence-electron chi connectivity index (χ4n) is 0.786. The van der Waals surface area contributed by atoms with Crippen molar-refractivity contribution in [3.05, 3.63) is 23.9 Å². The Labute approximate surface area is 80.0 Å². The molecule has 7 nitrogen and oxygen atoms in total. The molecule has 7 heteroatoms. The van der Waals surface area contributed by atoms with Crippen molar-refractivity contribution in [2.75, 3.05) is 5.73 Å². The van der Waals surface area contributed by atoms with Crippen LogP contribution in [0.25, 0.3) is 0 Å². The first-order valence-electron chi connectivity index (χ1n) is 3.71. The van der Waals surface area contributed by atoms with Crippen molar-refractivity contribution in [2.24, 2.45) is 5.73 Å². The van der Waals surface area contributed by atoms with E-state index in [1.807, 2.05) is 0 Å². The Balaban J connectivity index is 2.65. The maximum absolute atomic E-state index is 11.3. The van der Waals surface area contributed by atoms with Gasteiger partial charge in [0.05, 0.1) is 0 Å². The van der Waals surface area contributed by atoms with E-state index in [1.54, 1.807) is 0 Å². The summed E-state index contributed by atoms with van der Waals surface area (Å²) in [5.74, 6) is -0.532. The highest BCUT2D eigenvalue weighted by molar-refractivity contribution is 5.95. The van der Waals surface area contributed by atoms with E-state index in [2.05, 4.69) is 15.8 Å². The molecule has 1 heterocycles. The molecule has 0 saturated carbocycles. The van der Waals surface area contributed by atoms with Crippen LogP contribution in [0.3, 0.4) is 0 Å². The largest absolute Gasteiger partial charge is 0.384 e. The molecular formula is C7H10N6O. The fraction of sp³-hybridized carbons (Fsp3) is 0. The van der Waals surface area contributed by atoms with Crippen molar-refractivity contribution in [2.45, 2.75) is 0 Å². The average molecular weight is 194 g/mol. The fourth-order valence-corrected chi connectivity index (χ4v) is 0.786. The second kappa shape index (κ2) is 4.08. The van der Waals surface area contributed by atoms with Crippen molar-refractivity contribution in [1.29, 1.82) is 5.41 Å². The molecule has 1 aromatic rings. The second-order valence-corrected chi connectivity index (χ2v) is 2.46. The summed E-state index contributed by atoms with van der Waals surface area (Å²) in [5, 5.41) is 6.81. The van der Waals surface area contributed by atoms with Gasteiger partial charge in [-0.1, -0.05) is 0 Å². The van der Waals surface area contributed by atoms with E-state index in [4.69, 9.17) is 16.9 Å². The molecule has 14 heavy (non-hydrogen) atoms. The minimum Gasteiger partial charge on any atom is -0.384 e. The minimum absolute atomic E-state index is 0.250. The number of nitrogens with one attached hydrogen (secondary N) is 3. The van der Waals surface area contributed by atoms with E-state index in [0.29, 0.717) is 5.56 Å². The number of hydrogen-bond acceptors (Lipinski definition) is 4. The summed E-state index contributed by atoms with van der Waals surface area (Å²) in [4.78, 5) is 15.0. The highest BCUT2D eigenvalue weighted by atomic mass is 16.2. The number of nitrogens with zero attached hydrogens (tertiary/aromatic N) is 1. The van der Waals surface area contributed by atoms with Gasteiger partial charge >= 0.3 is 0 Å². The number of nitrogens with two attached hydrogens (primary N) is 2. The SMILES string of the molecule is N=C(N)NNC(=O)c1ccnc(N)c1. The van der Waals surface area contributed by atoms with Crippen LogP contribution in [0.5, 0.6) is 0 Å². The summed E-state index contributed by atoms with van der Waals surface area (Å²) in [6.45, 7) is 0. The number of hydrazine groups is 1. The smallest absolute Gasteiger partial charge is 0.269 e. The lowest BCUT2D eigenvalue weighted by Crippen LogP contribution is -2.44. The molecule has 0 bridgehead atoms. The van der Waals surface area contributed by atoms with Crippen LogP contribution >= 0.6 is 0 Å². The number of anilines is 1. The van der Waals surface area contributed by atoms with Crippen LogP contribution in [-0.4, -0.2) is 16.9 Å². The summed E-state index contributed by atoms with van der Waals surface area (Å²) in [6, 6.07) is 2.91. The molecule has 0 unspecified atom stereocenters. The van der Waals surface area contributed by atoms with Crippen LogP contribution in [0.4, 0.5) is 5.82 Å². The number of nitrogen functional groups attached to an aromatic ring is 1. The van der Waals surface area contributed by atoms with Crippen molar-refractivity contribution in [3.8, 4) is 0 Å². The van der Waals surface area contributed by atoms with Crippen LogP contribution in [-0.2, 0) is 0 Å². The summed E-state index contributed by atoms with van der Waals surface area (Å²) >= 11 is 0. The Kier molecular flexibility index (Phi) is 2.85. The van der Waals surface area contributed by atoms with Crippen LogP contribution in [0, 0.1) is 5.41 Å². The van der Waals surface area contributed by atoms with Crippen molar-refractivity contribution >= 4 is 17.7 Å². The van der Waals surface area contributed by atoms with Gasteiger partial charge in [-0.05, 0) is 12.1 Å². The van der Waals surface area contributed by atoms with Gasteiger partial charge in [-0.15, -0.1) is 0 Å². The molecule has 0 fully saturated rings. The molecule has 1 amide bonds. The number of amides is 1. The van der Waals surface area contributed by atoms with Gasteiger partial charge in [0.15, 0.2) is 0 Å². The van der Waals surface area contributed by atoms with Gasteiger partial charge in [-0.2, -0.15) is 0 Å². The summed E-state index contributed by atoms with van der Waals surface area (Å²) < 4.78 is 0. The number of guanidine groups is 1. The van der Waals surface area contributed by atoms with E-state index in [-0.39, 0.29) is 11.8 Å². The molecule has 0 aliphatic heterocycles. The number of hydrogen-bond donors (Lipinski definition) is 5. The highest BCUT2D eigenvalue weighted by Crippen LogP contribution is 2.01. The Morgan fingerprint density at radius 1 is 1.50 bits per heavy atom. The number of aromatic nitrogens is 1. The first-order valence-corrected chi connectivity index (χ1v) is 3.71. The lowest BCUT2D eigenvalue weighted by molar-refractivity contribution is 0.0943. The predicted molar refractivity (Wildman–Crippen MR) is 51.2 cm³/mol. The molecular weight excluding hydrogens is 184 g/mol. The highest BCUT2D eigenvalue weighted by Gasteiger charge is 2.04. The first-order chi connectivity index (χ1) is 6.59. The maximum atomic E-state index is 11.3. The number of carbonyl (C=O) groups is 1. The number of carbonyl (C=O) groups excluding carboxylic acids is 1. The molecule has 0 atom stereocenters. The predicted octanol–water partition coefficient (Wildman–Crippen LogP) is -1.21. The van der Waals surface area contributed by atoms with E-state index >= 15 is 0 Å². The van der Waals surface area contributed by atoms with Gasteiger partial charge in [0.25, 0.3) is 5.91 Å². The molecule has 0 aromatic carbocycles. The zero-order chi connectivity index (χ0) is 10.6. The molecule has 7 N–H and O–H groups in total. The first kappa shape index (κ1) is 9.78. The van der Waals surface area contributed by atoms with Crippen LogP contribution in [0.15, 0.2) is 18.3 Å². The van der Waals surface area contributed by atoms with Crippen molar-refractivity contribution < 1.29 is 4.79 Å².